The van der Waals surface area contributed by atoms with Crippen molar-refractivity contribution in [3.63, 3.8) is 0 Å². The second kappa shape index (κ2) is 8.99. The minimum absolute atomic E-state index is 0.0437. The van der Waals surface area contributed by atoms with E-state index in [1.807, 2.05) is 31.2 Å². The molecule has 0 saturated carbocycles. The van der Waals surface area contributed by atoms with Crippen LogP contribution in [0.3, 0.4) is 0 Å². The summed E-state index contributed by atoms with van der Waals surface area (Å²) in [4.78, 5) is 43.9. The molecular weight excluding hydrogens is 384 g/mol. The first-order valence-electron chi connectivity index (χ1n) is 9.28. The molecule has 30 heavy (non-hydrogen) atoms. The summed E-state index contributed by atoms with van der Waals surface area (Å²) in [6.07, 6.45) is -0.148. The summed E-state index contributed by atoms with van der Waals surface area (Å²) in [7, 11) is 0. The predicted octanol–water partition coefficient (Wildman–Crippen LogP) is 1.81. The monoisotopic (exact) mass is 406 g/mol. The Hall–Kier alpha value is -4.01. The summed E-state index contributed by atoms with van der Waals surface area (Å²) in [6, 6.07) is 13.1. The minimum Gasteiger partial charge on any atom is -0.369 e. The molecule has 0 spiro atoms. The molecule has 3 rings (SSSR count). The van der Waals surface area contributed by atoms with Gasteiger partial charge < -0.3 is 16.4 Å². The van der Waals surface area contributed by atoms with Gasteiger partial charge in [0.05, 0.1) is 6.42 Å². The quantitative estimate of drug-likeness (QED) is 0.341. The van der Waals surface area contributed by atoms with Crippen LogP contribution in [0.15, 0.2) is 58.5 Å². The third-order valence-electron chi connectivity index (χ3n) is 4.40. The first-order chi connectivity index (χ1) is 14.3. The fraction of sp³-hybridized carbons (Fsp3) is 0.190. The fourth-order valence-electron chi connectivity index (χ4n) is 2.80. The molecule has 1 heterocycles. The number of rotatable bonds is 5. The van der Waals surface area contributed by atoms with Gasteiger partial charge in [0, 0.05) is 16.9 Å². The molecule has 0 aliphatic carbocycles. The Labute approximate surface area is 173 Å². The number of aryl methyl sites for hydroxylation is 1. The van der Waals surface area contributed by atoms with E-state index in [-0.39, 0.29) is 30.0 Å². The van der Waals surface area contributed by atoms with E-state index in [1.54, 1.807) is 24.3 Å². The predicted molar refractivity (Wildman–Crippen MR) is 115 cm³/mol. The summed E-state index contributed by atoms with van der Waals surface area (Å²) in [5.41, 5.74) is 8.73. The number of carbonyl (C=O) groups is 3. The van der Waals surface area contributed by atoms with Gasteiger partial charge in [-0.3, -0.25) is 19.7 Å². The number of para-hydroxylation sites is 1. The van der Waals surface area contributed by atoms with Gasteiger partial charge in [-0.1, -0.05) is 18.2 Å². The van der Waals surface area contributed by atoms with Gasteiger partial charge in [-0.25, -0.2) is 4.99 Å². The number of ketones is 1. The molecule has 0 fully saturated rings. The lowest BCUT2D eigenvalue weighted by Gasteiger charge is -2.07. The maximum atomic E-state index is 12.2. The molecule has 0 radical (unpaired) electrons. The molecule has 1 aliphatic rings. The molecular formula is C21H22N6O3. The van der Waals surface area contributed by atoms with E-state index in [0.29, 0.717) is 11.3 Å². The molecule has 5 N–H and O–H groups in total. The zero-order valence-corrected chi connectivity index (χ0v) is 16.6. The Morgan fingerprint density at radius 1 is 1.13 bits per heavy atom. The van der Waals surface area contributed by atoms with Crippen LogP contribution in [0.2, 0.25) is 0 Å². The van der Waals surface area contributed by atoms with Gasteiger partial charge in [0.25, 0.3) is 5.91 Å². The van der Waals surface area contributed by atoms with Crippen molar-refractivity contribution >= 4 is 40.9 Å². The van der Waals surface area contributed by atoms with Crippen LogP contribution in [0.1, 0.15) is 29.3 Å². The number of hydrogen-bond donors (Lipinski definition) is 4. The van der Waals surface area contributed by atoms with Crippen LogP contribution in [-0.2, 0) is 9.59 Å². The average molecular weight is 406 g/mol. The molecule has 0 saturated heterocycles. The Morgan fingerprint density at radius 2 is 1.83 bits per heavy atom. The molecule has 2 aromatic rings. The number of nitrogens with one attached hydrogen (secondary N) is 3. The molecule has 0 aromatic heterocycles. The third kappa shape index (κ3) is 5.28. The van der Waals surface area contributed by atoms with Crippen molar-refractivity contribution in [2.24, 2.45) is 15.7 Å². The highest BCUT2D eigenvalue weighted by Crippen LogP contribution is 2.14. The molecule has 9 nitrogen and oxygen atoms in total. The number of carbonyl (C=O) groups excluding carboxylic acids is 3. The van der Waals surface area contributed by atoms with Crippen molar-refractivity contribution in [3.05, 3.63) is 59.7 Å². The Balaban J connectivity index is 1.60. The Morgan fingerprint density at radius 3 is 2.50 bits per heavy atom. The highest BCUT2D eigenvalue weighted by molar-refractivity contribution is 6.11. The molecule has 2 amide bonds. The number of anilines is 2. The number of nitrogens with zero attached hydrogens (tertiary/aromatic N) is 2. The van der Waals surface area contributed by atoms with Crippen molar-refractivity contribution in [2.45, 2.75) is 26.3 Å². The fourth-order valence-corrected chi connectivity index (χ4v) is 2.80. The normalized spacial score (nSPS) is 15.9. The molecule has 0 bridgehead atoms. The van der Waals surface area contributed by atoms with E-state index in [9.17, 15) is 14.4 Å². The zero-order valence-electron chi connectivity index (χ0n) is 16.6. The SMILES string of the molecule is CC(=O)c1ccc(NC(=O)CC2N=C(/N=C(\N)Nc3ccccc3C)NC2=O)cc1. The Bertz CT molecular complexity index is 1040. The molecule has 1 atom stereocenters. The number of hydrogen-bond acceptors (Lipinski definition) is 5. The lowest BCUT2D eigenvalue weighted by Crippen LogP contribution is -2.32. The largest absolute Gasteiger partial charge is 0.369 e. The maximum absolute atomic E-state index is 12.2. The lowest BCUT2D eigenvalue weighted by molar-refractivity contribution is -0.123. The highest BCUT2D eigenvalue weighted by atomic mass is 16.2. The topological polar surface area (TPSA) is 138 Å². The van der Waals surface area contributed by atoms with Crippen molar-refractivity contribution in [2.75, 3.05) is 10.6 Å². The summed E-state index contributed by atoms with van der Waals surface area (Å²) in [5.74, 6) is -0.763. The number of benzene rings is 2. The zero-order chi connectivity index (χ0) is 21.7. The average Bonchev–Trinajstić information content (AvgIpc) is 3.02. The van der Waals surface area contributed by atoms with E-state index in [2.05, 4.69) is 25.9 Å². The smallest absolute Gasteiger partial charge is 0.252 e. The summed E-state index contributed by atoms with van der Waals surface area (Å²) in [5, 5.41) is 8.13. The molecule has 1 unspecified atom stereocenters. The molecule has 1 aliphatic heterocycles. The third-order valence-corrected chi connectivity index (χ3v) is 4.40. The van der Waals surface area contributed by atoms with Crippen LogP contribution in [-0.4, -0.2) is 35.6 Å². The number of guanidine groups is 2. The lowest BCUT2D eigenvalue weighted by atomic mass is 10.1. The van der Waals surface area contributed by atoms with Crippen molar-refractivity contribution in [1.29, 1.82) is 0 Å². The summed E-state index contributed by atoms with van der Waals surface area (Å²) >= 11 is 0. The van der Waals surface area contributed by atoms with Crippen LogP contribution in [0, 0.1) is 6.92 Å². The summed E-state index contributed by atoms with van der Waals surface area (Å²) < 4.78 is 0. The maximum Gasteiger partial charge on any atom is 0.252 e. The van der Waals surface area contributed by atoms with Gasteiger partial charge >= 0.3 is 0 Å². The van der Waals surface area contributed by atoms with Crippen molar-refractivity contribution in [1.82, 2.24) is 5.32 Å². The van der Waals surface area contributed by atoms with Gasteiger partial charge in [0.15, 0.2) is 5.78 Å². The van der Waals surface area contributed by atoms with E-state index in [4.69, 9.17) is 5.73 Å². The van der Waals surface area contributed by atoms with Crippen LogP contribution < -0.4 is 21.7 Å². The second-order valence-corrected chi connectivity index (χ2v) is 6.78. The van der Waals surface area contributed by atoms with Crippen LogP contribution >= 0.6 is 0 Å². The van der Waals surface area contributed by atoms with Crippen LogP contribution in [0.4, 0.5) is 11.4 Å². The first kappa shape index (κ1) is 20.7. The first-order valence-corrected chi connectivity index (χ1v) is 9.28. The Kier molecular flexibility index (Phi) is 6.21. The summed E-state index contributed by atoms with van der Waals surface area (Å²) in [6.45, 7) is 3.39. The highest BCUT2D eigenvalue weighted by Gasteiger charge is 2.28. The van der Waals surface area contributed by atoms with E-state index >= 15 is 0 Å². The standard InChI is InChI=1S/C21H22N6O3/c1-12-5-3-4-6-16(12)24-20(22)27-21-25-17(19(30)26-21)11-18(29)23-15-9-7-14(8-10-15)13(2)28/h3-10,17H,11H2,1-2H3,(H,23,29)(H4,22,24,25,26,27,30). The number of nitrogens with two attached hydrogens (primary N) is 1. The molecule has 154 valence electrons. The van der Waals surface area contributed by atoms with Gasteiger partial charge in [0.1, 0.15) is 6.04 Å². The minimum atomic E-state index is -0.897. The molecule has 9 heteroatoms. The van der Waals surface area contributed by atoms with Crippen LogP contribution in [0.5, 0.6) is 0 Å². The van der Waals surface area contributed by atoms with E-state index in [0.717, 1.165) is 11.3 Å². The molecule has 2 aromatic carbocycles. The van der Waals surface area contributed by atoms with Crippen molar-refractivity contribution < 1.29 is 14.4 Å². The van der Waals surface area contributed by atoms with Gasteiger partial charge in [0.2, 0.25) is 17.8 Å². The van der Waals surface area contributed by atoms with Gasteiger partial charge in [-0.05, 0) is 49.7 Å². The van der Waals surface area contributed by atoms with Crippen molar-refractivity contribution in [3.8, 4) is 0 Å². The number of Topliss-reactive ketones (excluding diaryl/α,β-unsaturated/α-hetero) is 1. The van der Waals surface area contributed by atoms with E-state index in [1.165, 1.54) is 6.92 Å². The van der Waals surface area contributed by atoms with Gasteiger partial charge in [-0.15, -0.1) is 0 Å². The number of aliphatic imine (C=N–C) groups is 2. The second-order valence-electron chi connectivity index (χ2n) is 6.78. The van der Waals surface area contributed by atoms with E-state index < -0.39 is 11.9 Å². The van der Waals surface area contributed by atoms with Gasteiger partial charge in [-0.2, -0.15) is 4.99 Å². The number of amides is 2. The van der Waals surface area contributed by atoms with Crippen LogP contribution in [0.25, 0.3) is 0 Å².